The number of hydrogen-bond donors (Lipinski definition) is 3. The van der Waals surface area contributed by atoms with Gasteiger partial charge in [0, 0.05) is 12.6 Å². The molecule has 6 nitrogen and oxygen atoms in total. The molecular weight excluding hydrogens is 369 g/mol. The van der Waals surface area contributed by atoms with Crippen LogP contribution in [-0.4, -0.2) is 55.5 Å². The van der Waals surface area contributed by atoms with Crippen molar-refractivity contribution in [2.45, 2.75) is 53.0 Å². The fraction of sp³-hybridized carbons (Fsp3) is 0.636. The molecule has 0 saturated heterocycles. The van der Waals surface area contributed by atoms with Gasteiger partial charge < -0.3 is 21.3 Å². The van der Waals surface area contributed by atoms with Crippen LogP contribution in [0.2, 0.25) is 0 Å². The maximum absolute atomic E-state index is 13.1. The van der Waals surface area contributed by atoms with Crippen LogP contribution in [0.3, 0.4) is 0 Å². The normalized spacial score (nSPS) is 13.9. The standard InChI is InChI=1S/C22H38FN5O/c1-5-25-22(27-17(4)9-8-14-28(6-2)7-3)26-16-19(21(24)29)15-18-10-12-20(23)13-11-18/h10-13,17,19H,5-9,14-16H2,1-4H3,(H2,24,29)(H2,25,26,27). The van der Waals surface area contributed by atoms with Crippen LogP contribution < -0.4 is 16.4 Å². The van der Waals surface area contributed by atoms with Crippen molar-refractivity contribution < 1.29 is 9.18 Å². The number of aliphatic imine (C=N–C) groups is 1. The third-order valence-corrected chi connectivity index (χ3v) is 5.00. The Hall–Kier alpha value is -2.15. The highest BCUT2D eigenvalue weighted by Gasteiger charge is 2.16. The van der Waals surface area contributed by atoms with Crippen molar-refractivity contribution in [3.63, 3.8) is 0 Å². The smallest absolute Gasteiger partial charge is 0.222 e. The molecule has 164 valence electrons. The summed E-state index contributed by atoms with van der Waals surface area (Å²) >= 11 is 0. The summed E-state index contributed by atoms with van der Waals surface area (Å²) in [6.45, 7) is 12.8. The highest BCUT2D eigenvalue weighted by Crippen LogP contribution is 2.11. The zero-order chi connectivity index (χ0) is 21.6. The Morgan fingerprint density at radius 3 is 2.41 bits per heavy atom. The molecule has 0 aliphatic carbocycles. The average Bonchev–Trinajstić information content (AvgIpc) is 2.69. The predicted octanol–water partition coefficient (Wildman–Crippen LogP) is 2.54. The van der Waals surface area contributed by atoms with E-state index in [2.05, 4.69) is 41.3 Å². The van der Waals surface area contributed by atoms with Gasteiger partial charge in [0.15, 0.2) is 5.96 Å². The first kappa shape index (κ1) is 24.9. The number of nitrogens with two attached hydrogens (primary N) is 1. The van der Waals surface area contributed by atoms with Crippen LogP contribution in [0.15, 0.2) is 29.3 Å². The van der Waals surface area contributed by atoms with E-state index in [0.29, 0.717) is 12.4 Å². The minimum atomic E-state index is -0.436. The van der Waals surface area contributed by atoms with Gasteiger partial charge in [-0.2, -0.15) is 0 Å². The Bertz CT molecular complexity index is 616. The van der Waals surface area contributed by atoms with Gasteiger partial charge in [-0.3, -0.25) is 9.79 Å². The fourth-order valence-electron chi connectivity index (χ4n) is 3.15. The molecule has 0 bridgehead atoms. The number of hydrogen-bond acceptors (Lipinski definition) is 3. The minimum Gasteiger partial charge on any atom is -0.369 e. The fourth-order valence-corrected chi connectivity index (χ4v) is 3.15. The lowest BCUT2D eigenvalue weighted by molar-refractivity contribution is -0.121. The van der Waals surface area contributed by atoms with Gasteiger partial charge in [-0.25, -0.2) is 4.39 Å². The maximum Gasteiger partial charge on any atom is 0.222 e. The molecule has 4 N–H and O–H groups in total. The number of halogens is 1. The molecule has 0 aromatic heterocycles. The van der Waals surface area contributed by atoms with Crippen molar-refractivity contribution in [2.24, 2.45) is 16.6 Å². The average molecular weight is 408 g/mol. The van der Waals surface area contributed by atoms with Crippen LogP contribution in [-0.2, 0) is 11.2 Å². The van der Waals surface area contributed by atoms with Crippen molar-refractivity contribution >= 4 is 11.9 Å². The first-order valence-electron chi connectivity index (χ1n) is 10.7. The largest absolute Gasteiger partial charge is 0.369 e. The first-order valence-corrected chi connectivity index (χ1v) is 10.7. The number of rotatable bonds is 13. The lowest BCUT2D eigenvalue weighted by atomic mass is 9.99. The number of carbonyl (C=O) groups is 1. The number of carbonyl (C=O) groups excluding carboxylic acids is 1. The van der Waals surface area contributed by atoms with Crippen LogP contribution in [0.25, 0.3) is 0 Å². The van der Waals surface area contributed by atoms with Gasteiger partial charge in [0.25, 0.3) is 0 Å². The van der Waals surface area contributed by atoms with Crippen molar-refractivity contribution in [2.75, 3.05) is 32.7 Å². The highest BCUT2D eigenvalue weighted by molar-refractivity contribution is 5.81. The number of amides is 1. The molecular formula is C22H38FN5O. The summed E-state index contributed by atoms with van der Waals surface area (Å²) in [6, 6.07) is 6.41. The monoisotopic (exact) mass is 407 g/mol. The van der Waals surface area contributed by atoms with E-state index in [1.807, 2.05) is 6.92 Å². The topological polar surface area (TPSA) is 82.7 Å². The van der Waals surface area contributed by atoms with E-state index < -0.39 is 11.8 Å². The zero-order valence-corrected chi connectivity index (χ0v) is 18.4. The van der Waals surface area contributed by atoms with Gasteiger partial charge in [0.2, 0.25) is 5.91 Å². The predicted molar refractivity (Wildman–Crippen MR) is 118 cm³/mol. The van der Waals surface area contributed by atoms with Crippen molar-refractivity contribution in [3.05, 3.63) is 35.6 Å². The molecule has 1 aromatic rings. The Kier molecular flexibility index (Phi) is 12.0. The molecule has 0 aliphatic rings. The molecule has 0 radical (unpaired) electrons. The van der Waals surface area contributed by atoms with E-state index >= 15 is 0 Å². The first-order chi connectivity index (χ1) is 13.9. The van der Waals surface area contributed by atoms with Gasteiger partial charge in [0.05, 0.1) is 12.5 Å². The lowest BCUT2D eigenvalue weighted by Gasteiger charge is -2.21. The van der Waals surface area contributed by atoms with Gasteiger partial charge in [0.1, 0.15) is 5.82 Å². The van der Waals surface area contributed by atoms with Gasteiger partial charge in [-0.05, 0) is 70.4 Å². The molecule has 29 heavy (non-hydrogen) atoms. The summed E-state index contributed by atoms with van der Waals surface area (Å²) in [4.78, 5) is 18.8. The van der Waals surface area contributed by atoms with Crippen LogP contribution in [0, 0.1) is 11.7 Å². The molecule has 1 aromatic carbocycles. The number of benzene rings is 1. The van der Waals surface area contributed by atoms with Gasteiger partial charge >= 0.3 is 0 Å². The maximum atomic E-state index is 13.1. The highest BCUT2D eigenvalue weighted by atomic mass is 19.1. The van der Waals surface area contributed by atoms with Crippen LogP contribution >= 0.6 is 0 Å². The van der Waals surface area contributed by atoms with Crippen molar-refractivity contribution in [1.29, 1.82) is 0 Å². The third-order valence-electron chi connectivity index (χ3n) is 5.00. The Labute approximate surface area is 175 Å². The Balaban J connectivity index is 2.62. The molecule has 2 unspecified atom stereocenters. The van der Waals surface area contributed by atoms with Crippen molar-refractivity contribution in [1.82, 2.24) is 15.5 Å². The van der Waals surface area contributed by atoms with E-state index in [1.165, 1.54) is 12.1 Å². The SMILES string of the molecule is CCNC(=NCC(Cc1ccc(F)cc1)C(N)=O)NC(C)CCCN(CC)CC. The second kappa shape index (κ2) is 13.9. The van der Waals surface area contributed by atoms with E-state index in [-0.39, 0.29) is 18.4 Å². The molecule has 0 aliphatic heterocycles. The summed E-state index contributed by atoms with van der Waals surface area (Å²) < 4.78 is 13.1. The van der Waals surface area contributed by atoms with E-state index in [4.69, 9.17) is 5.73 Å². The van der Waals surface area contributed by atoms with Crippen LogP contribution in [0.4, 0.5) is 4.39 Å². The number of nitrogens with zero attached hydrogens (tertiary/aromatic N) is 2. The summed E-state index contributed by atoms with van der Waals surface area (Å²) in [5.74, 6) is -0.445. The third kappa shape index (κ3) is 10.3. The quantitative estimate of drug-likeness (QED) is 0.347. The Morgan fingerprint density at radius 2 is 1.86 bits per heavy atom. The summed E-state index contributed by atoms with van der Waals surface area (Å²) in [5, 5.41) is 6.64. The Morgan fingerprint density at radius 1 is 1.21 bits per heavy atom. The number of nitrogens with one attached hydrogen (secondary N) is 2. The van der Waals surface area contributed by atoms with Gasteiger partial charge in [-0.15, -0.1) is 0 Å². The lowest BCUT2D eigenvalue weighted by Crippen LogP contribution is -2.43. The molecule has 0 heterocycles. The number of primary amides is 1. The second-order valence-corrected chi connectivity index (χ2v) is 7.36. The van der Waals surface area contributed by atoms with Gasteiger partial charge in [-0.1, -0.05) is 26.0 Å². The van der Waals surface area contributed by atoms with Crippen LogP contribution in [0.1, 0.15) is 46.1 Å². The molecule has 0 spiro atoms. The molecule has 0 fully saturated rings. The molecule has 0 saturated carbocycles. The van der Waals surface area contributed by atoms with E-state index in [1.54, 1.807) is 12.1 Å². The number of guanidine groups is 1. The second-order valence-electron chi connectivity index (χ2n) is 7.36. The molecule has 1 rings (SSSR count). The van der Waals surface area contributed by atoms with E-state index in [0.717, 1.165) is 44.6 Å². The van der Waals surface area contributed by atoms with Crippen LogP contribution in [0.5, 0.6) is 0 Å². The zero-order valence-electron chi connectivity index (χ0n) is 18.4. The minimum absolute atomic E-state index is 0.271. The van der Waals surface area contributed by atoms with Crippen molar-refractivity contribution in [3.8, 4) is 0 Å². The molecule has 2 atom stereocenters. The summed E-state index contributed by atoms with van der Waals surface area (Å²) in [5.41, 5.74) is 6.44. The molecule has 1 amide bonds. The molecule has 7 heteroatoms. The summed E-state index contributed by atoms with van der Waals surface area (Å²) in [7, 11) is 0. The summed E-state index contributed by atoms with van der Waals surface area (Å²) in [6.07, 6.45) is 2.59. The van der Waals surface area contributed by atoms with E-state index in [9.17, 15) is 9.18 Å².